The van der Waals surface area contributed by atoms with Gasteiger partial charge in [0.05, 0.1) is 24.5 Å². The Kier molecular flexibility index (Phi) is 4.65. The van der Waals surface area contributed by atoms with Gasteiger partial charge in [-0.2, -0.15) is 0 Å². The number of carboxylic acid groups (broad SMARTS) is 1. The largest absolute Gasteiger partial charge is 0.489 e. The molecule has 5 nitrogen and oxygen atoms in total. The Balaban J connectivity index is 2.18. The minimum Gasteiger partial charge on any atom is -0.489 e. The maximum Gasteiger partial charge on any atom is 0.304 e. The molecule has 1 aliphatic heterocycles. The molecule has 1 aromatic rings. The number of halogens is 1. The van der Waals surface area contributed by atoms with Gasteiger partial charge in [-0.25, -0.2) is 0 Å². The maximum atomic E-state index is 12.1. The molecule has 1 N–H and O–H groups in total. The fraction of sp³-hybridized carbons (Fsp3) is 0.429. The Morgan fingerprint density at radius 3 is 2.65 bits per heavy atom. The second kappa shape index (κ2) is 6.26. The van der Waals surface area contributed by atoms with E-state index in [1.165, 1.54) is 0 Å². The van der Waals surface area contributed by atoms with Crippen molar-refractivity contribution in [2.45, 2.75) is 18.2 Å². The molecule has 2 atom stereocenters. The minimum atomic E-state index is -1.02. The Labute approximate surface area is 125 Å². The topological polar surface area (TPSA) is 72.8 Å². The number of carboxylic acids is 1. The number of aliphatic carboxylic acids is 1. The lowest BCUT2D eigenvalue weighted by Crippen LogP contribution is -2.18. The number of ether oxygens (including phenoxy) is 2. The third-order valence-electron chi connectivity index (χ3n) is 2.91. The van der Waals surface area contributed by atoms with Gasteiger partial charge in [-0.3, -0.25) is 9.59 Å². The zero-order chi connectivity index (χ0) is 14.7. The summed E-state index contributed by atoms with van der Waals surface area (Å²) in [7, 11) is 0. The highest BCUT2D eigenvalue weighted by Crippen LogP contribution is 2.32. The van der Waals surface area contributed by atoms with Crippen LogP contribution in [0.4, 0.5) is 0 Å². The molecule has 1 aliphatic rings. The van der Waals surface area contributed by atoms with Crippen LogP contribution in [0.2, 0.25) is 0 Å². The highest BCUT2D eigenvalue weighted by molar-refractivity contribution is 9.10. The first-order valence-electron chi connectivity index (χ1n) is 6.27. The normalized spacial score (nSPS) is 19.0. The summed E-state index contributed by atoms with van der Waals surface area (Å²) >= 11 is 3.10. The fourth-order valence-electron chi connectivity index (χ4n) is 1.83. The van der Waals surface area contributed by atoms with Crippen LogP contribution in [0.25, 0.3) is 0 Å². The molecule has 0 saturated carbocycles. The molecule has 0 radical (unpaired) electrons. The molecule has 0 fully saturated rings. The van der Waals surface area contributed by atoms with Crippen molar-refractivity contribution in [3.05, 3.63) is 23.8 Å². The van der Waals surface area contributed by atoms with E-state index in [4.69, 9.17) is 14.6 Å². The van der Waals surface area contributed by atoms with E-state index >= 15 is 0 Å². The van der Waals surface area contributed by atoms with Crippen LogP contribution in [0.5, 0.6) is 11.5 Å². The van der Waals surface area contributed by atoms with Gasteiger partial charge in [-0.1, -0.05) is 22.9 Å². The standard InChI is InChI=1S/C14H15BrO5/c1-8-6-19-11-3-2-9(4-12(11)20-7-8)14(18)10(15)5-13(16)17/h2-4,8,10H,5-7H2,1H3,(H,16,17). The number of fused-ring (bicyclic) bond motifs is 1. The van der Waals surface area contributed by atoms with Crippen molar-refractivity contribution in [3.8, 4) is 11.5 Å². The molecule has 0 spiro atoms. The van der Waals surface area contributed by atoms with Gasteiger partial charge in [0, 0.05) is 11.5 Å². The van der Waals surface area contributed by atoms with E-state index in [-0.39, 0.29) is 18.1 Å². The second-order valence-electron chi connectivity index (χ2n) is 4.82. The van der Waals surface area contributed by atoms with Crippen LogP contribution in [-0.2, 0) is 4.79 Å². The van der Waals surface area contributed by atoms with E-state index in [1.807, 2.05) is 6.92 Å². The van der Waals surface area contributed by atoms with Gasteiger partial charge in [0.25, 0.3) is 0 Å². The molecule has 20 heavy (non-hydrogen) atoms. The van der Waals surface area contributed by atoms with Gasteiger partial charge in [0.2, 0.25) is 0 Å². The van der Waals surface area contributed by atoms with Crippen molar-refractivity contribution in [2.24, 2.45) is 5.92 Å². The number of benzene rings is 1. The summed E-state index contributed by atoms with van der Waals surface area (Å²) in [5, 5.41) is 8.71. The number of alkyl halides is 1. The quantitative estimate of drug-likeness (QED) is 0.672. The number of hydrogen-bond donors (Lipinski definition) is 1. The van der Waals surface area contributed by atoms with Crippen molar-refractivity contribution in [3.63, 3.8) is 0 Å². The molecule has 6 heteroatoms. The summed E-state index contributed by atoms with van der Waals surface area (Å²) in [4.78, 5) is 22.0. The highest BCUT2D eigenvalue weighted by atomic mass is 79.9. The third-order valence-corrected chi connectivity index (χ3v) is 3.65. The summed E-state index contributed by atoms with van der Waals surface area (Å²) in [5.74, 6) is 0.0995. The minimum absolute atomic E-state index is 0.260. The van der Waals surface area contributed by atoms with E-state index < -0.39 is 10.8 Å². The predicted octanol–water partition coefficient (Wildman–Crippen LogP) is 2.51. The van der Waals surface area contributed by atoms with Gasteiger partial charge < -0.3 is 14.6 Å². The first-order chi connectivity index (χ1) is 9.47. The summed E-state index contributed by atoms with van der Waals surface area (Å²) < 4.78 is 11.2. The lowest BCUT2D eigenvalue weighted by atomic mass is 10.1. The molecule has 2 unspecified atom stereocenters. The van der Waals surface area contributed by atoms with Gasteiger partial charge in [-0.05, 0) is 18.2 Å². The first-order valence-corrected chi connectivity index (χ1v) is 7.18. The number of carbonyl (C=O) groups is 2. The average Bonchev–Trinajstić information content (AvgIpc) is 2.59. The number of Topliss-reactive ketones (excluding diaryl/α,β-unsaturated/α-hetero) is 1. The monoisotopic (exact) mass is 342 g/mol. The average molecular weight is 343 g/mol. The Morgan fingerprint density at radius 1 is 1.35 bits per heavy atom. The van der Waals surface area contributed by atoms with Crippen molar-refractivity contribution in [1.82, 2.24) is 0 Å². The molecule has 0 aromatic heterocycles. The van der Waals surface area contributed by atoms with Gasteiger partial charge in [-0.15, -0.1) is 0 Å². The summed E-state index contributed by atoms with van der Waals surface area (Å²) in [5.41, 5.74) is 0.407. The summed E-state index contributed by atoms with van der Waals surface area (Å²) in [6, 6.07) is 4.91. The highest BCUT2D eigenvalue weighted by Gasteiger charge is 2.22. The number of carbonyl (C=O) groups excluding carboxylic acids is 1. The van der Waals surface area contributed by atoms with Crippen LogP contribution in [-0.4, -0.2) is 34.9 Å². The smallest absolute Gasteiger partial charge is 0.304 e. The predicted molar refractivity (Wildman–Crippen MR) is 75.9 cm³/mol. The molecule has 0 aliphatic carbocycles. The number of hydrogen-bond acceptors (Lipinski definition) is 4. The van der Waals surface area contributed by atoms with Crippen molar-refractivity contribution in [1.29, 1.82) is 0 Å². The van der Waals surface area contributed by atoms with Gasteiger partial charge in [0.15, 0.2) is 17.3 Å². The zero-order valence-corrected chi connectivity index (χ0v) is 12.6. The Hall–Kier alpha value is -1.56. The van der Waals surface area contributed by atoms with Crippen LogP contribution >= 0.6 is 15.9 Å². The van der Waals surface area contributed by atoms with Crippen LogP contribution in [0, 0.1) is 5.92 Å². The van der Waals surface area contributed by atoms with E-state index in [9.17, 15) is 9.59 Å². The first kappa shape index (κ1) is 14.8. The molecule has 1 aromatic carbocycles. The van der Waals surface area contributed by atoms with Gasteiger partial charge in [0.1, 0.15) is 0 Å². The SMILES string of the molecule is CC1COc2ccc(C(=O)C(Br)CC(=O)O)cc2OC1. The molecule has 0 bridgehead atoms. The van der Waals surface area contributed by atoms with Crippen molar-refractivity contribution < 1.29 is 24.2 Å². The summed E-state index contributed by atoms with van der Waals surface area (Å²) in [6.45, 7) is 3.11. The summed E-state index contributed by atoms with van der Waals surface area (Å²) in [6.07, 6.45) is -0.260. The van der Waals surface area contributed by atoms with E-state index in [0.29, 0.717) is 30.3 Å². The lowest BCUT2D eigenvalue weighted by Gasteiger charge is -2.10. The van der Waals surface area contributed by atoms with Crippen LogP contribution in [0.3, 0.4) is 0 Å². The van der Waals surface area contributed by atoms with Gasteiger partial charge >= 0.3 is 5.97 Å². The second-order valence-corrected chi connectivity index (χ2v) is 5.92. The van der Waals surface area contributed by atoms with E-state index in [2.05, 4.69) is 15.9 Å². The van der Waals surface area contributed by atoms with Crippen molar-refractivity contribution in [2.75, 3.05) is 13.2 Å². The zero-order valence-electron chi connectivity index (χ0n) is 11.0. The lowest BCUT2D eigenvalue weighted by molar-refractivity contribution is -0.136. The fourth-order valence-corrected chi connectivity index (χ4v) is 2.37. The maximum absolute atomic E-state index is 12.1. The molecule has 0 saturated heterocycles. The third kappa shape index (κ3) is 3.50. The van der Waals surface area contributed by atoms with Crippen LogP contribution in [0.15, 0.2) is 18.2 Å². The van der Waals surface area contributed by atoms with Crippen LogP contribution < -0.4 is 9.47 Å². The molecule has 2 rings (SSSR count). The number of ketones is 1. The van der Waals surface area contributed by atoms with E-state index in [0.717, 1.165) is 0 Å². The Morgan fingerprint density at radius 2 is 2.00 bits per heavy atom. The number of rotatable bonds is 4. The molecule has 0 amide bonds. The molecule has 108 valence electrons. The molecular formula is C14H15BrO5. The molecular weight excluding hydrogens is 328 g/mol. The Bertz CT molecular complexity index is 528. The van der Waals surface area contributed by atoms with E-state index in [1.54, 1.807) is 18.2 Å². The van der Waals surface area contributed by atoms with Crippen LogP contribution in [0.1, 0.15) is 23.7 Å². The molecule has 1 heterocycles. The van der Waals surface area contributed by atoms with Crippen molar-refractivity contribution >= 4 is 27.7 Å².